The molecule has 0 radical (unpaired) electrons. The van der Waals surface area contributed by atoms with Crippen LogP contribution in [0.5, 0.6) is 0 Å². The fourth-order valence-corrected chi connectivity index (χ4v) is 3.71. The van der Waals surface area contributed by atoms with Crippen LogP contribution in [0, 0.1) is 5.92 Å². The topological polar surface area (TPSA) is 61.4 Å². The Labute approximate surface area is 134 Å². The molecule has 0 bridgehead atoms. The first-order valence-electron chi connectivity index (χ1n) is 8.85. The largest absolute Gasteiger partial charge is 0.354 e. The van der Waals surface area contributed by atoms with E-state index in [1.54, 1.807) is 6.92 Å². The van der Waals surface area contributed by atoms with E-state index in [-0.39, 0.29) is 23.9 Å². The summed E-state index contributed by atoms with van der Waals surface area (Å²) in [5, 5.41) is 6.11. The molecule has 22 heavy (non-hydrogen) atoms. The van der Waals surface area contributed by atoms with Gasteiger partial charge in [-0.3, -0.25) is 14.5 Å². The zero-order valence-corrected chi connectivity index (χ0v) is 14.1. The smallest absolute Gasteiger partial charge is 0.237 e. The van der Waals surface area contributed by atoms with Gasteiger partial charge in [0.1, 0.15) is 0 Å². The van der Waals surface area contributed by atoms with Crippen molar-refractivity contribution >= 4 is 11.8 Å². The van der Waals surface area contributed by atoms with Crippen molar-refractivity contribution in [2.24, 2.45) is 5.92 Å². The first-order valence-corrected chi connectivity index (χ1v) is 8.85. The maximum Gasteiger partial charge on any atom is 0.237 e. The third-order valence-corrected chi connectivity index (χ3v) is 5.08. The molecule has 0 aromatic rings. The molecule has 1 saturated heterocycles. The highest BCUT2D eigenvalue weighted by Gasteiger charge is 2.28. The van der Waals surface area contributed by atoms with Gasteiger partial charge in [0.2, 0.25) is 11.8 Å². The van der Waals surface area contributed by atoms with Gasteiger partial charge in [0, 0.05) is 26.1 Å². The third-order valence-electron chi connectivity index (χ3n) is 5.08. The van der Waals surface area contributed by atoms with Gasteiger partial charge in [0.25, 0.3) is 0 Å². The van der Waals surface area contributed by atoms with Crippen LogP contribution in [0.4, 0.5) is 0 Å². The summed E-state index contributed by atoms with van der Waals surface area (Å²) >= 11 is 0. The molecular weight excluding hydrogens is 278 g/mol. The summed E-state index contributed by atoms with van der Waals surface area (Å²) in [7, 11) is 0. The number of hydrogen-bond acceptors (Lipinski definition) is 3. The minimum absolute atomic E-state index is 0.0150. The van der Waals surface area contributed by atoms with E-state index in [9.17, 15) is 9.59 Å². The molecule has 126 valence electrons. The Balaban J connectivity index is 1.75. The van der Waals surface area contributed by atoms with E-state index < -0.39 is 0 Å². The van der Waals surface area contributed by atoms with Crippen molar-refractivity contribution in [1.82, 2.24) is 15.5 Å². The molecule has 2 aliphatic rings. The molecule has 2 rings (SSSR count). The Morgan fingerprint density at radius 3 is 2.55 bits per heavy atom. The lowest BCUT2D eigenvalue weighted by atomic mass is 9.89. The van der Waals surface area contributed by atoms with Gasteiger partial charge in [-0.05, 0) is 45.1 Å². The van der Waals surface area contributed by atoms with Crippen molar-refractivity contribution in [3.63, 3.8) is 0 Å². The SMILES string of the molecule is CC(=O)N[C@@H]1CCCN([C@@H](C)C(=O)NCC2CCCCC2)C1. The summed E-state index contributed by atoms with van der Waals surface area (Å²) in [6.45, 7) is 6.07. The van der Waals surface area contributed by atoms with Gasteiger partial charge in [-0.2, -0.15) is 0 Å². The lowest BCUT2D eigenvalue weighted by Crippen LogP contribution is -2.54. The normalized spacial score (nSPS) is 25.5. The average molecular weight is 309 g/mol. The van der Waals surface area contributed by atoms with Crippen LogP contribution in [0.2, 0.25) is 0 Å². The molecule has 0 aromatic carbocycles. The molecule has 2 fully saturated rings. The van der Waals surface area contributed by atoms with E-state index >= 15 is 0 Å². The van der Waals surface area contributed by atoms with Crippen molar-refractivity contribution in [2.45, 2.75) is 70.9 Å². The van der Waals surface area contributed by atoms with Crippen LogP contribution in [-0.4, -0.2) is 48.4 Å². The van der Waals surface area contributed by atoms with Crippen molar-refractivity contribution in [2.75, 3.05) is 19.6 Å². The Bertz CT molecular complexity index is 380. The first kappa shape index (κ1) is 17.3. The lowest BCUT2D eigenvalue weighted by Gasteiger charge is -2.36. The van der Waals surface area contributed by atoms with Gasteiger partial charge in [-0.15, -0.1) is 0 Å². The van der Waals surface area contributed by atoms with Crippen LogP contribution in [0.1, 0.15) is 58.8 Å². The molecule has 2 N–H and O–H groups in total. The summed E-state index contributed by atoms with van der Waals surface area (Å²) in [6, 6.07) is 0.0694. The minimum Gasteiger partial charge on any atom is -0.354 e. The lowest BCUT2D eigenvalue weighted by molar-refractivity contribution is -0.126. The minimum atomic E-state index is -0.111. The molecular formula is C17H31N3O2. The second-order valence-corrected chi connectivity index (χ2v) is 6.96. The number of nitrogens with one attached hydrogen (secondary N) is 2. The summed E-state index contributed by atoms with van der Waals surface area (Å²) < 4.78 is 0. The van der Waals surface area contributed by atoms with Crippen LogP contribution >= 0.6 is 0 Å². The van der Waals surface area contributed by atoms with E-state index in [0.29, 0.717) is 5.92 Å². The molecule has 0 aromatic heterocycles. The molecule has 5 nitrogen and oxygen atoms in total. The van der Waals surface area contributed by atoms with Gasteiger partial charge in [0.15, 0.2) is 0 Å². The predicted molar refractivity (Wildman–Crippen MR) is 87.5 cm³/mol. The molecule has 1 aliphatic heterocycles. The van der Waals surface area contributed by atoms with Crippen LogP contribution in [0.25, 0.3) is 0 Å². The zero-order valence-electron chi connectivity index (χ0n) is 14.1. The first-order chi connectivity index (χ1) is 10.6. The third kappa shape index (κ3) is 5.27. The van der Waals surface area contributed by atoms with Crippen molar-refractivity contribution < 1.29 is 9.59 Å². The number of rotatable bonds is 5. The molecule has 0 spiro atoms. The van der Waals surface area contributed by atoms with E-state index in [2.05, 4.69) is 15.5 Å². The Morgan fingerprint density at radius 1 is 1.14 bits per heavy atom. The Kier molecular flexibility index (Phi) is 6.68. The number of amides is 2. The zero-order chi connectivity index (χ0) is 15.9. The standard InChI is InChI=1S/C17H31N3O2/c1-13(17(22)18-11-15-7-4-3-5-8-15)20-10-6-9-16(12-20)19-14(2)21/h13,15-16H,3-12H2,1-2H3,(H,18,22)(H,19,21)/t13-,16+/m0/s1. The van der Waals surface area contributed by atoms with E-state index in [1.807, 2.05) is 6.92 Å². The fraction of sp³-hybridized carbons (Fsp3) is 0.882. The Hall–Kier alpha value is -1.10. The molecule has 2 atom stereocenters. The highest BCUT2D eigenvalue weighted by Crippen LogP contribution is 2.22. The monoisotopic (exact) mass is 309 g/mol. The molecule has 1 saturated carbocycles. The predicted octanol–water partition coefficient (Wildman–Crippen LogP) is 1.67. The molecule has 0 unspecified atom stereocenters. The fourth-order valence-electron chi connectivity index (χ4n) is 3.71. The molecule has 2 amide bonds. The van der Waals surface area contributed by atoms with Crippen LogP contribution in [0.15, 0.2) is 0 Å². The van der Waals surface area contributed by atoms with Crippen molar-refractivity contribution in [3.8, 4) is 0 Å². The van der Waals surface area contributed by atoms with Crippen molar-refractivity contribution in [1.29, 1.82) is 0 Å². The second kappa shape index (κ2) is 8.51. The number of nitrogens with zero attached hydrogens (tertiary/aromatic N) is 1. The van der Waals surface area contributed by atoms with Gasteiger partial charge in [0.05, 0.1) is 6.04 Å². The highest BCUT2D eigenvalue weighted by molar-refractivity contribution is 5.81. The quantitative estimate of drug-likeness (QED) is 0.812. The number of carbonyl (C=O) groups is 2. The maximum absolute atomic E-state index is 12.4. The number of carbonyl (C=O) groups excluding carboxylic acids is 2. The highest BCUT2D eigenvalue weighted by atomic mass is 16.2. The molecule has 1 heterocycles. The second-order valence-electron chi connectivity index (χ2n) is 6.96. The van der Waals surface area contributed by atoms with Gasteiger partial charge in [-0.25, -0.2) is 0 Å². The summed E-state index contributed by atoms with van der Waals surface area (Å²) in [6.07, 6.45) is 8.50. The average Bonchev–Trinajstić information content (AvgIpc) is 2.52. The van der Waals surface area contributed by atoms with Crippen LogP contribution in [0.3, 0.4) is 0 Å². The summed E-state index contributed by atoms with van der Waals surface area (Å²) in [5.74, 6) is 0.814. The van der Waals surface area contributed by atoms with E-state index in [4.69, 9.17) is 0 Å². The molecule has 5 heteroatoms. The summed E-state index contributed by atoms with van der Waals surface area (Å²) in [4.78, 5) is 25.8. The number of hydrogen-bond donors (Lipinski definition) is 2. The van der Waals surface area contributed by atoms with Crippen LogP contribution in [-0.2, 0) is 9.59 Å². The molecule has 1 aliphatic carbocycles. The summed E-state index contributed by atoms with van der Waals surface area (Å²) in [5.41, 5.74) is 0. The van der Waals surface area contributed by atoms with Crippen LogP contribution < -0.4 is 10.6 Å². The van der Waals surface area contributed by atoms with Gasteiger partial charge >= 0.3 is 0 Å². The maximum atomic E-state index is 12.4. The number of likely N-dealkylation sites (tertiary alicyclic amines) is 1. The van der Waals surface area contributed by atoms with Gasteiger partial charge in [-0.1, -0.05) is 19.3 Å². The van der Waals surface area contributed by atoms with E-state index in [1.165, 1.54) is 32.1 Å². The van der Waals surface area contributed by atoms with Gasteiger partial charge < -0.3 is 10.6 Å². The van der Waals surface area contributed by atoms with Crippen molar-refractivity contribution in [3.05, 3.63) is 0 Å². The number of piperidine rings is 1. The van der Waals surface area contributed by atoms with E-state index in [0.717, 1.165) is 32.5 Å². The Morgan fingerprint density at radius 2 is 1.86 bits per heavy atom.